The van der Waals surface area contributed by atoms with Gasteiger partial charge in [0.05, 0.1) is 17.7 Å². The first-order chi connectivity index (χ1) is 18.7. The number of para-hydroxylation sites is 1. The van der Waals surface area contributed by atoms with Gasteiger partial charge in [0, 0.05) is 11.6 Å². The van der Waals surface area contributed by atoms with E-state index in [0.29, 0.717) is 5.56 Å². The van der Waals surface area contributed by atoms with Gasteiger partial charge in [0.15, 0.2) is 5.60 Å². The summed E-state index contributed by atoms with van der Waals surface area (Å²) < 4.78 is 7.19. The number of fused-ring (bicyclic) bond motifs is 1. The summed E-state index contributed by atoms with van der Waals surface area (Å²) >= 11 is 0. The molecule has 3 heteroatoms. The minimum atomic E-state index is -0.684. The molecule has 0 aliphatic carbocycles. The van der Waals surface area contributed by atoms with E-state index in [1.807, 2.05) is 42.5 Å². The van der Waals surface area contributed by atoms with E-state index in [2.05, 4.69) is 104 Å². The van der Waals surface area contributed by atoms with E-state index in [-0.39, 0.29) is 12.0 Å². The third-order valence-corrected chi connectivity index (χ3v) is 7.40. The third-order valence-electron chi connectivity index (χ3n) is 7.40. The average molecular weight is 497 g/mol. The van der Waals surface area contributed by atoms with Crippen LogP contribution in [0.3, 0.4) is 0 Å². The fraction of sp³-hybridized carbons (Fsp3) is 0.171. The number of ether oxygens (including phenoxy) is 1. The molecule has 1 heterocycles. The quantitative estimate of drug-likeness (QED) is 0.237. The van der Waals surface area contributed by atoms with Crippen LogP contribution in [0.2, 0.25) is 0 Å². The summed E-state index contributed by atoms with van der Waals surface area (Å²) in [6, 6.07) is 37.2. The lowest BCUT2D eigenvalue weighted by molar-refractivity contribution is 0.00543. The molecule has 0 radical (unpaired) electrons. The molecule has 4 aromatic carbocycles. The Bertz CT molecular complexity index is 1420. The number of nitriles is 1. The molecular formula is C35H32N2O. The Balaban J connectivity index is 1.59. The SMILES string of the molecule is C=CCC(/C=C\C)C(Oc1ccc(-c2ccc(C#N)cc2)cc1)(c1ccccc1)[C@@H]1Cc2ccccc2N1. The molecule has 1 aliphatic rings. The van der Waals surface area contributed by atoms with Gasteiger partial charge < -0.3 is 10.1 Å². The van der Waals surface area contributed by atoms with Gasteiger partial charge in [0.1, 0.15) is 5.75 Å². The summed E-state index contributed by atoms with van der Waals surface area (Å²) in [4.78, 5) is 0. The first-order valence-corrected chi connectivity index (χ1v) is 13.1. The topological polar surface area (TPSA) is 45.0 Å². The van der Waals surface area contributed by atoms with Crippen LogP contribution >= 0.6 is 0 Å². The zero-order valence-electron chi connectivity index (χ0n) is 21.7. The van der Waals surface area contributed by atoms with Gasteiger partial charge in [0.2, 0.25) is 0 Å². The minimum absolute atomic E-state index is 0.0154. The second-order valence-electron chi connectivity index (χ2n) is 9.69. The van der Waals surface area contributed by atoms with Gasteiger partial charge >= 0.3 is 0 Å². The molecule has 188 valence electrons. The Hall–Kier alpha value is -4.55. The number of nitrogens with one attached hydrogen (secondary N) is 1. The van der Waals surface area contributed by atoms with E-state index in [4.69, 9.17) is 10.00 Å². The summed E-state index contributed by atoms with van der Waals surface area (Å²) in [5.74, 6) is 0.861. The Morgan fingerprint density at radius 1 is 0.947 bits per heavy atom. The van der Waals surface area contributed by atoms with Crippen LogP contribution in [0.5, 0.6) is 5.75 Å². The molecule has 3 nitrogen and oxygen atoms in total. The molecular weight excluding hydrogens is 464 g/mol. The van der Waals surface area contributed by atoms with Crippen LogP contribution in [0.4, 0.5) is 5.69 Å². The Morgan fingerprint density at radius 2 is 1.61 bits per heavy atom. The van der Waals surface area contributed by atoms with Crippen LogP contribution in [-0.4, -0.2) is 6.04 Å². The highest BCUT2D eigenvalue weighted by atomic mass is 16.5. The minimum Gasteiger partial charge on any atom is -0.480 e. The van der Waals surface area contributed by atoms with E-state index >= 15 is 0 Å². The van der Waals surface area contributed by atoms with Crippen molar-refractivity contribution in [3.8, 4) is 22.9 Å². The maximum atomic E-state index is 9.12. The fourth-order valence-corrected chi connectivity index (χ4v) is 5.59. The first-order valence-electron chi connectivity index (χ1n) is 13.1. The summed E-state index contributed by atoms with van der Waals surface area (Å²) in [6.45, 7) is 6.16. The predicted molar refractivity (Wildman–Crippen MR) is 156 cm³/mol. The summed E-state index contributed by atoms with van der Waals surface area (Å²) in [5.41, 5.74) is 5.71. The van der Waals surface area contributed by atoms with Crippen LogP contribution in [0.1, 0.15) is 30.0 Å². The van der Waals surface area contributed by atoms with E-state index in [0.717, 1.165) is 41.0 Å². The Labute approximate surface area is 225 Å². The van der Waals surface area contributed by atoms with Gasteiger partial charge in [-0.05, 0) is 72.4 Å². The van der Waals surface area contributed by atoms with Crippen LogP contribution in [-0.2, 0) is 12.0 Å². The molecule has 0 bridgehead atoms. The van der Waals surface area contributed by atoms with E-state index in [1.54, 1.807) is 0 Å². The smallest absolute Gasteiger partial charge is 0.161 e. The molecule has 4 aromatic rings. The molecule has 1 aliphatic heterocycles. The number of rotatable bonds is 9. The summed E-state index contributed by atoms with van der Waals surface area (Å²) in [7, 11) is 0. The highest BCUT2D eigenvalue weighted by Gasteiger charge is 2.50. The zero-order valence-corrected chi connectivity index (χ0v) is 21.7. The lowest BCUT2D eigenvalue weighted by Crippen LogP contribution is -2.53. The van der Waals surface area contributed by atoms with Crippen molar-refractivity contribution < 1.29 is 4.74 Å². The number of hydrogen-bond acceptors (Lipinski definition) is 3. The van der Waals surface area contributed by atoms with Crippen molar-refractivity contribution in [1.29, 1.82) is 5.26 Å². The number of nitrogens with zero attached hydrogens (tertiary/aromatic N) is 1. The molecule has 0 amide bonds. The van der Waals surface area contributed by atoms with E-state index in [9.17, 15) is 0 Å². The van der Waals surface area contributed by atoms with Crippen LogP contribution in [0, 0.1) is 17.2 Å². The third kappa shape index (κ3) is 4.86. The van der Waals surface area contributed by atoms with Crippen molar-refractivity contribution >= 4 is 5.69 Å². The van der Waals surface area contributed by atoms with Crippen LogP contribution in [0.15, 0.2) is 128 Å². The van der Waals surface area contributed by atoms with Gasteiger partial charge in [-0.3, -0.25) is 0 Å². The second-order valence-corrected chi connectivity index (χ2v) is 9.69. The molecule has 0 fully saturated rings. The number of anilines is 1. The van der Waals surface area contributed by atoms with Crippen molar-refractivity contribution in [2.75, 3.05) is 5.32 Å². The highest BCUT2D eigenvalue weighted by Crippen LogP contribution is 2.46. The zero-order chi connectivity index (χ0) is 26.4. The standard InChI is InChI=1S/C35H32N2O/c1-3-10-30(11-4-2)35(31-13-6-5-7-14-31,34-24-29-12-8-9-15-33(29)37-34)38-32-22-20-28(21-23-32)27-18-16-26(25-36)17-19-27/h3-9,11-23,30,34,37H,1,10,24H2,2H3/b11-4-/t30?,34-,35?/m0/s1. The molecule has 38 heavy (non-hydrogen) atoms. The van der Waals surface area contributed by atoms with Crippen molar-refractivity contribution in [2.45, 2.75) is 31.4 Å². The van der Waals surface area contributed by atoms with Gasteiger partial charge in [-0.2, -0.15) is 5.26 Å². The molecule has 1 N–H and O–H groups in total. The molecule has 0 saturated heterocycles. The summed E-state index contributed by atoms with van der Waals surface area (Å²) in [5, 5.41) is 12.9. The number of allylic oxidation sites excluding steroid dienone is 2. The molecule has 0 spiro atoms. The second kappa shape index (κ2) is 11.2. The van der Waals surface area contributed by atoms with Crippen molar-refractivity contribution in [3.05, 3.63) is 145 Å². The molecule has 3 atom stereocenters. The molecule has 0 aromatic heterocycles. The van der Waals surface area contributed by atoms with E-state index in [1.165, 1.54) is 5.56 Å². The van der Waals surface area contributed by atoms with Gasteiger partial charge in [-0.15, -0.1) is 6.58 Å². The average Bonchev–Trinajstić information content (AvgIpc) is 3.41. The lowest BCUT2D eigenvalue weighted by Gasteiger charge is -2.44. The Morgan fingerprint density at radius 3 is 2.24 bits per heavy atom. The van der Waals surface area contributed by atoms with Crippen LogP contribution in [0.25, 0.3) is 11.1 Å². The van der Waals surface area contributed by atoms with Gasteiger partial charge in [-0.1, -0.05) is 91.0 Å². The largest absolute Gasteiger partial charge is 0.480 e. The van der Waals surface area contributed by atoms with Crippen molar-refractivity contribution in [3.63, 3.8) is 0 Å². The monoisotopic (exact) mass is 496 g/mol. The van der Waals surface area contributed by atoms with Crippen LogP contribution < -0.4 is 10.1 Å². The van der Waals surface area contributed by atoms with Gasteiger partial charge in [-0.25, -0.2) is 0 Å². The highest BCUT2D eigenvalue weighted by molar-refractivity contribution is 5.65. The van der Waals surface area contributed by atoms with E-state index < -0.39 is 5.60 Å². The molecule has 5 rings (SSSR count). The molecule has 0 saturated carbocycles. The normalized spacial score (nSPS) is 16.6. The van der Waals surface area contributed by atoms with Crippen molar-refractivity contribution in [2.24, 2.45) is 5.92 Å². The Kier molecular flexibility index (Phi) is 7.43. The van der Waals surface area contributed by atoms with Gasteiger partial charge in [0.25, 0.3) is 0 Å². The number of hydrogen-bond donors (Lipinski definition) is 1. The summed E-state index contributed by atoms with van der Waals surface area (Å²) in [6.07, 6.45) is 7.99. The maximum absolute atomic E-state index is 9.12. The first kappa shape index (κ1) is 25.1. The lowest BCUT2D eigenvalue weighted by atomic mass is 9.72. The predicted octanol–water partition coefficient (Wildman–Crippen LogP) is 8.30. The fourth-order valence-electron chi connectivity index (χ4n) is 5.59. The maximum Gasteiger partial charge on any atom is 0.161 e. The molecule has 2 unspecified atom stereocenters. The van der Waals surface area contributed by atoms with Crippen molar-refractivity contribution in [1.82, 2.24) is 0 Å². The number of benzene rings is 4.